The van der Waals surface area contributed by atoms with Crippen LogP contribution in [0.15, 0.2) is 42.5 Å². The minimum Gasteiger partial charge on any atom is -0.480 e. The summed E-state index contributed by atoms with van der Waals surface area (Å²) in [5, 5.41) is 11.7. The molecule has 0 aliphatic carbocycles. The van der Waals surface area contributed by atoms with E-state index in [2.05, 4.69) is 10.2 Å². The zero-order valence-corrected chi connectivity index (χ0v) is 19.6. The molecule has 2 aliphatic rings. The van der Waals surface area contributed by atoms with Gasteiger partial charge in [-0.05, 0) is 36.8 Å². The fourth-order valence-corrected chi connectivity index (χ4v) is 4.52. The molecule has 0 spiro atoms. The number of benzene rings is 2. The highest BCUT2D eigenvalue weighted by Gasteiger charge is 2.32. The lowest BCUT2D eigenvalue weighted by Gasteiger charge is -2.30. The minimum absolute atomic E-state index is 0.234. The van der Waals surface area contributed by atoms with Gasteiger partial charge in [0.1, 0.15) is 6.54 Å². The van der Waals surface area contributed by atoms with Gasteiger partial charge in [0, 0.05) is 43.6 Å². The summed E-state index contributed by atoms with van der Waals surface area (Å²) in [5.74, 6) is -1.38. The molecule has 0 bridgehead atoms. The minimum atomic E-state index is -1.12. The van der Waals surface area contributed by atoms with Gasteiger partial charge < -0.3 is 29.9 Å². The van der Waals surface area contributed by atoms with E-state index in [-0.39, 0.29) is 25.0 Å². The Morgan fingerprint density at radius 1 is 1.15 bits per heavy atom. The molecule has 9 nitrogen and oxygen atoms in total. The number of ether oxygens (including phenoxy) is 1. The average molecular weight is 487 g/mol. The molecule has 2 N–H and O–H groups in total. The van der Waals surface area contributed by atoms with Crippen molar-refractivity contribution in [2.45, 2.75) is 19.5 Å². The van der Waals surface area contributed by atoms with Crippen molar-refractivity contribution in [2.24, 2.45) is 0 Å². The van der Waals surface area contributed by atoms with E-state index < -0.39 is 18.5 Å². The van der Waals surface area contributed by atoms with Crippen molar-refractivity contribution in [3.05, 3.63) is 58.6 Å². The molecule has 0 radical (unpaired) electrons. The summed E-state index contributed by atoms with van der Waals surface area (Å²) in [4.78, 5) is 42.6. The van der Waals surface area contributed by atoms with Crippen molar-refractivity contribution in [1.29, 1.82) is 0 Å². The van der Waals surface area contributed by atoms with Crippen LogP contribution in [0.25, 0.3) is 0 Å². The van der Waals surface area contributed by atoms with E-state index in [9.17, 15) is 14.4 Å². The Hall–Kier alpha value is -3.30. The average Bonchev–Trinajstić information content (AvgIpc) is 2.99. The third-order valence-corrected chi connectivity index (χ3v) is 6.37. The van der Waals surface area contributed by atoms with Crippen LogP contribution in [0.4, 0.5) is 16.2 Å². The third kappa shape index (κ3) is 5.10. The third-order valence-electron chi connectivity index (χ3n) is 6.06. The summed E-state index contributed by atoms with van der Waals surface area (Å²) in [6, 6.07) is 12.0. The first-order chi connectivity index (χ1) is 16.3. The van der Waals surface area contributed by atoms with Crippen molar-refractivity contribution in [3.8, 4) is 0 Å². The quantitative estimate of drug-likeness (QED) is 0.689. The van der Waals surface area contributed by atoms with Crippen LogP contribution in [0.5, 0.6) is 0 Å². The van der Waals surface area contributed by atoms with Crippen LogP contribution >= 0.6 is 11.6 Å². The Labute approximate surface area is 202 Å². The Balaban J connectivity index is 1.60. The number of para-hydroxylation sites is 1. The summed E-state index contributed by atoms with van der Waals surface area (Å²) in [6.07, 6.45) is 0. The zero-order chi connectivity index (χ0) is 24.2. The molecule has 0 saturated carbocycles. The molecule has 10 heteroatoms. The normalized spacial score (nSPS) is 18.2. The van der Waals surface area contributed by atoms with Crippen LogP contribution in [-0.2, 0) is 16.1 Å². The van der Waals surface area contributed by atoms with Crippen molar-refractivity contribution in [1.82, 2.24) is 10.2 Å². The number of carbonyl (C=O) groups is 3. The van der Waals surface area contributed by atoms with Gasteiger partial charge >= 0.3 is 12.0 Å². The van der Waals surface area contributed by atoms with Crippen molar-refractivity contribution >= 4 is 40.9 Å². The Bertz CT molecular complexity index is 1090. The first-order valence-corrected chi connectivity index (χ1v) is 11.5. The van der Waals surface area contributed by atoms with Crippen LogP contribution in [-0.4, -0.2) is 73.3 Å². The molecule has 2 heterocycles. The van der Waals surface area contributed by atoms with Gasteiger partial charge in [-0.15, -0.1) is 0 Å². The van der Waals surface area contributed by atoms with Crippen LogP contribution in [0.2, 0.25) is 5.02 Å². The lowest BCUT2D eigenvalue weighted by atomic mass is 10.1. The number of carboxylic acids is 1. The maximum atomic E-state index is 13.7. The number of nitrogens with one attached hydrogen (secondary N) is 1. The predicted octanol–water partition coefficient (Wildman–Crippen LogP) is 2.82. The molecule has 1 atom stereocenters. The first kappa shape index (κ1) is 23.8. The van der Waals surface area contributed by atoms with E-state index in [4.69, 9.17) is 21.4 Å². The predicted molar refractivity (Wildman–Crippen MR) is 129 cm³/mol. The lowest BCUT2D eigenvalue weighted by molar-refractivity contribution is -0.135. The van der Waals surface area contributed by atoms with Crippen LogP contribution in [0.3, 0.4) is 0 Å². The smallest absolute Gasteiger partial charge is 0.323 e. The number of carboxylic acid groups (broad SMARTS) is 1. The number of rotatable bonds is 4. The highest BCUT2D eigenvalue weighted by molar-refractivity contribution is 6.34. The fourth-order valence-electron chi connectivity index (χ4n) is 4.27. The zero-order valence-electron chi connectivity index (χ0n) is 18.9. The summed E-state index contributed by atoms with van der Waals surface area (Å²) >= 11 is 6.58. The van der Waals surface area contributed by atoms with Gasteiger partial charge in [-0.1, -0.05) is 29.8 Å². The summed E-state index contributed by atoms with van der Waals surface area (Å²) in [5.41, 5.74) is 2.80. The molecular formula is C24H27ClN4O5. The first-order valence-electron chi connectivity index (χ1n) is 11.1. The molecule has 1 fully saturated rings. The maximum Gasteiger partial charge on any atom is 0.323 e. The molecule has 2 aliphatic heterocycles. The summed E-state index contributed by atoms with van der Waals surface area (Å²) in [7, 11) is 0. The fraction of sp³-hybridized carbons (Fsp3) is 0.375. The molecule has 0 unspecified atom stereocenters. The number of morpholine rings is 1. The highest BCUT2D eigenvalue weighted by Crippen LogP contribution is 2.31. The highest BCUT2D eigenvalue weighted by atomic mass is 35.5. The van der Waals surface area contributed by atoms with Gasteiger partial charge in [0.25, 0.3) is 5.91 Å². The van der Waals surface area contributed by atoms with Crippen molar-refractivity contribution in [3.63, 3.8) is 0 Å². The van der Waals surface area contributed by atoms with Crippen molar-refractivity contribution < 1.29 is 24.2 Å². The van der Waals surface area contributed by atoms with Gasteiger partial charge in [-0.25, -0.2) is 4.79 Å². The number of halogens is 1. The second kappa shape index (κ2) is 10.3. The largest absolute Gasteiger partial charge is 0.480 e. The topological polar surface area (TPSA) is 102 Å². The molecule has 2 aromatic carbocycles. The van der Waals surface area contributed by atoms with E-state index >= 15 is 0 Å². The van der Waals surface area contributed by atoms with E-state index in [0.717, 1.165) is 24.3 Å². The number of nitrogens with zero attached hydrogens (tertiary/aromatic N) is 3. The van der Waals surface area contributed by atoms with E-state index in [1.54, 1.807) is 17.0 Å². The van der Waals surface area contributed by atoms with E-state index in [0.29, 0.717) is 29.5 Å². The maximum absolute atomic E-state index is 13.7. The molecular weight excluding hydrogens is 460 g/mol. The molecule has 0 aromatic heterocycles. The Morgan fingerprint density at radius 2 is 1.88 bits per heavy atom. The van der Waals surface area contributed by atoms with Gasteiger partial charge in [-0.2, -0.15) is 0 Å². The van der Waals surface area contributed by atoms with Crippen molar-refractivity contribution in [2.75, 3.05) is 49.2 Å². The molecule has 34 heavy (non-hydrogen) atoms. The number of aliphatic carboxylic acids is 1. The molecule has 2 aromatic rings. The molecule has 4 rings (SSSR count). The molecule has 1 saturated heterocycles. The summed E-state index contributed by atoms with van der Waals surface area (Å²) < 4.78 is 5.40. The Morgan fingerprint density at radius 3 is 2.59 bits per heavy atom. The number of carbonyl (C=O) groups excluding carboxylic acids is 2. The van der Waals surface area contributed by atoms with Crippen LogP contribution < -0.4 is 15.1 Å². The van der Waals surface area contributed by atoms with Gasteiger partial charge in [-0.3, -0.25) is 9.59 Å². The second-order valence-electron chi connectivity index (χ2n) is 8.34. The van der Waals surface area contributed by atoms with E-state index in [1.807, 2.05) is 37.3 Å². The van der Waals surface area contributed by atoms with Gasteiger partial charge in [0.05, 0.1) is 23.8 Å². The van der Waals surface area contributed by atoms with E-state index in [1.165, 1.54) is 4.90 Å². The second-order valence-corrected chi connectivity index (χ2v) is 8.74. The SMILES string of the molecule is C[C@@H]1CN(C(=O)c2ccc(N3CCOCC3)cc2Cl)c2ccccc2CN1C(=O)NCC(=O)O. The number of amides is 3. The number of urea groups is 1. The molecule has 3 amide bonds. The lowest BCUT2D eigenvalue weighted by Crippen LogP contribution is -2.49. The number of hydrogen-bond acceptors (Lipinski definition) is 5. The summed E-state index contributed by atoms with van der Waals surface area (Å²) in [6.45, 7) is 4.66. The van der Waals surface area contributed by atoms with Gasteiger partial charge in [0.2, 0.25) is 0 Å². The number of anilines is 2. The standard InChI is InChI=1S/C24H27ClN4O5/c1-16-14-29(21-5-3-2-4-17(21)15-28(16)24(33)26-13-22(30)31)23(32)19-7-6-18(12-20(19)25)27-8-10-34-11-9-27/h2-7,12,16H,8-11,13-15H2,1H3,(H,26,33)(H,30,31)/t16-/m1/s1. The Kier molecular flexibility index (Phi) is 7.23. The molecule has 180 valence electrons. The van der Waals surface area contributed by atoms with Gasteiger partial charge in [0.15, 0.2) is 0 Å². The number of fused-ring (bicyclic) bond motifs is 1. The monoisotopic (exact) mass is 486 g/mol. The van der Waals surface area contributed by atoms with Crippen LogP contribution in [0, 0.1) is 0 Å². The van der Waals surface area contributed by atoms with Crippen LogP contribution in [0.1, 0.15) is 22.8 Å². The number of hydrogen-bond donors (Lipinski definition) is 2.